The van der Waals surface area contributed by atoms with Crippen molar-refractivity contribution in [2.75, 3.05) is 77.6 Å². The van der Waals surface area contributed by atoms with E-state index in [9.17, 15) is 14.4 Å². The quantitative estimate of drug-likeness (QED) is 0.158. The molecule has 12 nitrogen and oxygen atoms in total. The zero-order valence-electron chi connectivity index (χ0n) is 33.1. The Hall–Kier alpha value is -3.59. The van der Waals surface area contributed by atoms with Gasteiger partial charge in [-0.15, -0.1) is 11.3 Å². The number of nitrogens with zero attached hydrogens (tertiary/aromatic N) is 4. The molecule has 2 N–H and O–H groups in total. The van der Waals surface area contributed by atoms with Gasteiger partial charge in [-0.1, -0.05) is 55.8 Å². The van der Waals surface area contributed by atoms with Crippen LogP contribution in [0.1, 0.15) is 78.6 Å². The first-order chi connectivity index (χ1) is 27.2. The number of piperidine rings is 1. The number of halogens is 1. The number of anilines is 1. The van der Waals surface area contributed by atoms with Gasteiger partial charge in [-0.2, -0.15) is 0 Å². The molecule has 0 saturated carbocycles. The summed E-state index contributed by atoms with van der Waals surface area (Å²) < 4.78 is 18.0. The number of carbonyl (C=O) groups excluding carboxylic acids is 3. The summed E-state index contributed by atoms with van der Waals surface area (Å²) in [7, 11) is 0. The van der Waals surface area contributed by atoms with Crippen LogP contribution in [0.5, 0.6) is 5.75 Å². The number of rotatable bonds is 18. The number of carbonyl (C=O) groups is 3. The van der Waals surface area contributed by atoms with Crippen LogP contribution in [0.25, 0.3) is 0 Å². The predicted molar refractivity (Wildman–Crippen MR) is 220 cm³/mol. The van der Waals surface area contributed by atoms with E-state index in [1.807, 2.05) is 39.4 Å². The van der Waals surface area contributed by atoms with Gasteiger partial charge in [-0.25, -0.2) is 4.98 Å². The van der Waals surface area contributed by atoms with Gasteiger partial charge in [-0.3, -0.25) is 19.3 Å². The van der Waals surface area contributed by atoms with Gasteiger partial charge in [0, 0.05) is 55.7 Å². The lowest BCUT2D eigenvalue weighted by atomic mass is 9.89. The van der Waals surface area contributed by atoms with Crippen molar-refractivity contribution in [3.8, 4) is 5.75 Å². The normalized spacial score (nSPS) is 17.3. The number of likely N-dealkylation sites (tertiary alicyclic amines) is 1. The fraction of sp³-hybridized carbons (Fsp3) is 0.571. The molecular formula is C42H57ClN6O6S. The fourth-order valence-corrected chi connectivity index (χ4v) is 8.68. The summed E-state index contributed by atoms with van der Waals surface area (Å²) >= 11 is 8.50. The number of aromatic nitrogens is 1. The van der Waals surface area contributed by atoms with Gasteiger partial charge in [0.25, 0.3) is 11.8 Å². The summed E-state index contributed by atoms with van der Waals surface area (Å²) in [5.74, 6) is 0.698. The zero-order chi connectivity index (χ0) is 39.5. The SMILES string of the molecule is CCc1nc(C(=O)N2CCOC3(CCN(Cc4cccc(CCOCCC(=O)N(CCNCCc5cccc6c5OCC(=O)N6)C(C)CC)c4Cl)CC3)C2)cs1. The van der Waals surface area contributed by atoms with E-state index in [0.717, 1.165) is 90.8 Å². The fourth-order valence-electron chi connectivity index (χ4n) is 7.68. The van der Waals surface area contributed by atoms with Crippen LogP contribution in [0.4, 0.5) is 5.69 Å². The monoisotopic (exact) mass is 808 g/mol. The molecule has 1 spiro atoms. The third-order valence-corrected chi connectivity index (χ3v) is 12.6. The Morgan fingerprint density at radius 3 is 2.64 bits per heavy atom. The van der Waals surface area contributed by atoms with Gasteiger partial charge >= 0.3 is 0 Å². The van der Waals surface area contributed by atoms with Crippen molar-refractivity contribution in [1.82, 2.24) is 25.0 Å². The number of nitrogens with one attached hydrogen (secondary N) is 2. The van der Waals surface area contributed by atoms with E-state index >= 15 is 0 Å². The van der Waals surface area contributed by atoms with E-state index in [0.29, 0.717) is 70.2 Å². The van der Waals surface area contributed by atoms with Crippen molar-refractivity contribution in [2.24, 2.45) is 0 Å². The molecule has 3 aliphatic heterocycles. The van der Waals surface area contributed by atoms with Crippen LogP contribution in [0.2, 0.25) is 5.02 Å². The molecule has 1 atom stereocenters. The maximum atomic E-state index is 13.3. The summed E-state index contributed by atoms with van der Waals surface area (Å²) in [4.78, 5) is 48.9. The molecule has 2 fully saturated rings. The lowest BCUT2D eigenvalue weighted by molar-refractivity contribution is -0.134. The number of fused-ring (bicyclic) bond motifs is 1. The summed E-state index contributed by atoms with van der Waals surface area (Å²) in [6, 6.07) is 12.1. The lowest BCUT2D eigenvalue weighted by Gasteiger charge is -2.47. The Balaban J connectivity index is 0.893. The minimum absolute atomic E-state index is 0.00640. The van der Waals surface area contributed by atoms with Crippen molar-refractivity contribution < 1.29 is 28.6 Å². The first-order valence-corrected chi connectivity index (χ1v) is 21.4. The van der Waals surface area contributed by atoms with E-state index in [2.05, 4.69) is 53.4 Å². The van der Waals surface area contributed by atoms with Gasteiger partial charge in [0.2, 0.25) is 5.91 Å². The molecule has 2 aromatic carbocycles. The van der Waals surface area contributed by atoms with Crippen LogP contribution in [-0.4, -0.2) is 121 Å². The van der Waals surface area contributed by atoms with E-state index < -0.39 is 0 Å². The molecule has 0 aliphatic carbocycles. The molecule has 3 amide bonds. The highest BCUT2D eigenvalue weighted by Crippen LogP contribution is 2.33. The Labute approximate surface area is 340 Å². The number of aryl methyl sites for hydroxylation is 1. The van der Waals surface area contributed by atoms with Crippen LogP contribution in [-0.2, 0) is 44.9 Å². The third-order valence-electron chi connectivity index (χ3n) is 11.2. The first-order valence-electron chi connectivity index (χ1n) is 20.2. The van der Waals surface area contributed by atoms with Crippen LogP contribution in [0.15, 0.2) is 41.8 Å². The molecule has 1 unspecified atom stereocenters. The minimum Gasteiger partial charge on any atom is -0.481 e. The number of thiazole rings is 1. The van der Waals surface area contributed by atoms with Crippen LogP contribution in [0.3, 0.4) is 0 Å². The number of ether oxygens (including phenoxy) is 3. The van der Waals surface area contributed by atoms with E-state index in [-0.39, 0.29) is 36.0 Å². The molecule has 3 aromatic rings. The van der Waals surface area contributed by atoms with E-state index in [1.54, 1.807) is 11.3 Å². The second-order valence-corrected chi connectivity index (χ2v) is 16.3. The number of hydrogen-bond donors (Lipinski definition) is 2. The molecule has 56 heavy (non-hydrogen) atoms. The molecule has 1 aromatic heterocycles. The smallest absolute Gasteiger partial charge is 0.273 e. The molecule has 0 radical (unpaired) electrons. The second kappa shape index (κ2) is 20.2. The molecule has 2 saturated heterocycles. The van der Waals surface area contributed by atoms with Crippen LogP contribution < -0.4 is 15.4 Å². The molecule has 3 aliphatic rings. The first kappa shape index (κ1) is 42.0. The van der Waals surface area contributed by atoms with Gasteiger partial charge in [0.15, 0.2) is 6.61 Å². The predicted octanol–water partition coefficient (Wildman–Crippen LogP) is 5.61. The number of amides is 3. The zero-order valence-corrected chi connectivity index (χ0v) is 34.7. The van der Waals surface area contributed by atoms with Crippen molar-refractivity contribution in [3.63, 3.8) is 0 Å². The standard InChI is InChI=1S/C42H57ClN6O6S/c1-4-30(3)49(21-18-44-17-12-32-9-7-11-34-40(32)54-27-36(50)45-34)38(51)14-24-53-23-13-31-8-6-10-33(39(31)43)26-47-19-15-42(16-20-47)29-48(22-25-55-42)41(52)35-28-56-37(5-2)46-35/h6-11,28,30,44H,4-5,12-27,29H2,1-3H3,(H,45,50). The molecule has 6 rings (SSSR count). The van der Waals surface area contributed by atoms with Gasteiger partial charge in [-0.05, 0) is 74.8 Å². The van der Waals surface area contributed by atoms with E-state index in [4.69, 9.17) is 25.8 Å². The van der Waals surface area contributed by atoms with Gasteiger partial charge in [0.05, 0.1) is 49.1 Å². The molecule has 304 valence electrons. The van der Waals surface area contributed by atoms with Crippen molar-refractivity contribution in [3.05, 3.63) is 74.2 Å². The summed E-state index contributed by atoms with van der Waals surface area (Å²) in [5.41, 5.74) is 4.12. The Kier molecular flexibility index (Phi) is 15.2. The Bertz CT molecular complexity index is 1800. The third kappa shape index (κ3) is 10.9. The maximum Gasteiger partial charge on any atom is 0.273 e. The van der Waals surface area contributed by atoms with Gasteiger partial charge < -0.3 is 34.6 Å². The average Bonchev–Trinajstić information content (AvgIpc) is 3.70. The van der Waals surface area contributed by atoms with Crippen molar-refractivity contribution in [2.45, 2.75) is 83.9 Å². The highest BCUT2D eigenvalue weighted by Gasteiger charge is 2.41. The Morgan fingerprint density at radius 2 is 1.86 bits per heavy atom. The second-order valence-electron chi connectivity index (χ2n) is 15.0. The lowest BCUT2D eigenvalue weighted by Crippen LogP contribution is -2.58. The molecular weight excluding hydrogens is 752 g/mol. The minimum atomic E-state index is -0.317. The highest BCUT2D eigenvalue weighted by molar-refractivity contribution is 7.09. The molecule has 14 heteroatoms. The largest absolute Gasteiger partial charge is 0.481 e. The highest BCUT2D eigenvalue weighted by atomic mass is 35.5. The number of hydrogen-bond acceptors (Lipinski definition) is 10. The van der Waals surface area contributed by atoms with Gasteiger partial charge in [0.1, 0.15) is 11.4 Å². The average molecular weight is 809 g/mol. The number of para-hydroxylation sites is 1. The molecule has 4 heterocycles. The van der Waals surface area contributed by atoms with Crippen molar-refractivity contribution in [1.29, 1.82) is 0 Å². The van der Waals surface area contributed by atoms with E-state index in [1.165, 1.54) is 0 Å². The number of benzene rings is 2. The van der Waals surface area contributed by atoms with Crippen LogP contribution in [0, 0.1) is 0 Å². The maximum absolute atomic E-state index is 13.3. The molecule has 0 bridgehead atoms. The summed E-state index contributed by atoms with van der Waals surface area (Å²) in [5, 5.41) is 9.96. The summed E-state index contributed by atoms with van der Waals surface area (Å²) in [6.45, 7) is 13.4. The summed E-state index contributed by atoms with van der Waals surface area (Å²) in [6.07, 6.45) is 5.18. The van der Waals surface area contributed by atoms with Crippen molar-refractivity contribution >= 4 is 46.3 Å². The topological polar surface area (TPSA) is 126 Å². The Morgan fingerprint density at radius 1 is 1.07 bits per heavy atom. The van der Waals surface area contributed by atoms with Crippen LogP contribution >= 0.6 is 22.9 Å². The number of morpholine rings is 1.